The second kappa shape index (κ2) is 5.44. The molecular formula is C10H21N3O2. The van der Waals surface area contributed by atoms with Crippen LogP contribution in [-0.4, -0.2) is 54.2 Å². The number of aliphatic hydroxyl groups is 1. The van der Waals surface area contributed by atoms with Gasteiger partial charge in [-0.1, -0.05) is 0 Å². The molecule has 88 valence electrons. The van der Waals surface area contributed by atoms with Crippen molar-refractivity contribution >= 4 is 5.91 Å². The first-order chi connectivity index (χ1) is 7.00. The third-order valence-corrected chi connectivity index (χ3v) is 3.14. The minimum Gasteiger partial charge on any atom is -0.382 e. The van der Waals surface area contributed by atoms with Crippen LogP contribution in [-0.2, 0) is 4.79 Å². The Morgan fingerprint density at radius 3 is 2.93 bits per heavy atom. The topological polar surface area (TPSA) is 78.6 Å². The zero-order chi connectivity index (χ0) is 11.4. The minimum absolute atomic E-state index is 0.260. The van der Waals surface area contributed by atoms with E-state index in [0.717, 1.165) is 19.4 Å². The van der Waals surface area contributed by atoms with Gasteiger partial charge in [-0.25, -0.2) is 0 Å². The maximum Gasteiger partial charge on any atom is 0.247 e. The number of nitrogens with two attached hydrogens (primary N) is 1. The van der Waals surface area contributed by atoms with Gasteiger partial charge in [-0.2, -0.15) is 0 Å². The molecule has 0 aromatic heterocycles. The molecule has 1 aliphatic heterocycles. The molecule has 0 aromatic carbocycles. The summed E-state index contributed by atoms with van der Waals surface area (Å²) in [5.74, 6) is -0.663. The Hall–Kier alpha value is -0.650. The first-order valence-electron chi connectivity index (χ1n) is 5.41. The largest absolute Gasteiger partial charge is 0.382 e. The fourth-order valence-electron chi connectivity index (χ4n) is 1.85. The third-order valence-electron chi connectivity index (χ3n) is 3.14. The lowest BCUT2D eigenvalue weighted by atomic mass is 9.99. The van der Waals surface area contributed by atoms with Crippen LogP contribution < -0.4 is 11.1 Å². The van der Waals surface area contributed by atoms with Crippen molar-refractivity contribution in [1.29, 1.82) is 0 Å². The smallest absolute Gasteiger partial charge is 0.247 e. The van der Waals surface area contributed by atoms with E-state index >= 15 is 0 Å². The van der Waals surface area contributed by atoms with Crippen LogP contribution >= 0.6 is 0 Å². The number of carbonyl (C=O) groups is 1. The van der Waals surface area contributed by atoms with E-state index in [1.54, 1.807) is 0 Å². The number of carbonyl (C=O) groups excluding carboxylic acids is 1. The average Bonchev–Trinajstić information content (AvgIpc) is 2.19. The van der Waals surface area contributed by atoms with Crippen LogP contribution in [0.5, 0.6) is 0 Å². The van der Waals surface area contributed by atoms with Crippen molar-refractivity contribution in [2.75, 3.05) is 20.1 Å². The monoisotopic (exact) mass is 215 g/mol. The molecule has 0 aromatic rings. The van der Waals surface area contributed by atoms with Crippen molar-refractivity contribution in [2.45, 2.75) is 38.0 Å². The van der Waals surface area contributed by atoms with Crippen LogP contribution in [0.25, 0.3) is 0 Å². The molecule has 1 amide bonds. The number of nitrogens with one attached hydrogen (secondary N) is 1. The number of aliphatic hydroxyl groups excluding tert-OH is 1. The number of hydrogen-bond donors (Lipinski definition) is 3. The number of nitrogens with zero attached hydrogens (tertiary/aromatic N) is 1. The quantitative estimate of drug-likeness (QED) is 0.556. The van der Waals surface area contributed by atoms with Crippen LogP contribution in [0.4, 0.5) is 0 Å². The Balaban J connectivity index is 2.25. The molecule has 0 spiro atoms. The maximum atomic E-state index is 10.6. The first-order valence-corrected chi connectivity index (χ1v) is 5.41. The molecule has 0 saturated carbocycles. The fourth-order valence-corrected chi connectivity index (χ4v) is 1.85. The van der Waals surface area contributed by atoms with Crippen LogP contribution in [0.15, 0.2) is 0 Å². The highest BCUT2D eigenvalue weighted by Crippen LogP contribution is 2.14. The van der Waals surface area contributed by atoms with Crippen molar-refractivity contribution in [2.24, 2.45) is 5.73 Å². The van der Waals surface area contributed by atoms with Gasteiger partial charge in [0.25, 0.3) is 0 Å². The molecule has 3 atom stereocenters. The Bertz CT molecular complexity index is 223. The molecule has 1 heterocycles. The van der Waals surface area contributed by atoms with Crippen LogP contribution in [0.3, 0.4) is 0 Å². The predicted octanol–water partition coefficient (Wildman–Crippen LogP) is -1.10. The van der Waals surface area contributed by atoms with Gasteiger partial charge >= 0.3 is 0 Å². The normalized spacial score (nSPS) is 30.1. The molecule has 0 aliphatic carbocycles. The highest BCUT2D eigenvalue weighted by Gasteiger charge is 2.23. The zero-order valence-electron chi connectivity index (χ0n) is 9.44. The van der Waals surface area contributed by atoms with Crippen LogP contribution in [0.1, 0.15) is 19.8 Å². The highest BCUT2D eigenvalue weighted by molar-refractivity contribution is 5.78. The first kappa shape index (κ1) is 12.4. The van der Waals surface area contributed by atoms with Crippen molar-refractivity contribution < 1.29 is 9.90 Å². The van der Waals surface area contributed by atoms with E-state index < -0.39 is 12.0 Å². The lowest BCUT2D eigenvalue weighted by molar-refractivity contribution is -0.125. The molecule has 0 radical (unpaired) electrons. The summed E-state index contributed by atoms with van der Waals surface area (Å²) in [4.78, 5) is 12.9. The van der Waals surface area contributed by atoms with E-state index in [4.69, 9.17) is 5.73 Å². The molecule has 5 heteroatoms. The predicted molar refractivity (Wildman–Crippen MR) is 58.3 cm³/mol. The Labute approximate surface area is 90.6 Å². The SMILES string of the molecule is CC1CC(NCC(O)C(N)=O)CCN1C. The Morgan fingerprint density at radius 1 is 1.73 bits per heavy atom. The van der Waals surface area contributed by atoms with Gasteiger partial charge in [0.2, 0.25) is 5.91 Å². The van der Waals surface area contributed by atoms with Crippen molar-refractivity contribution in [1.82, 2.24) is 10.2 Å². The molecule has 5 nitrogen and oxygen atoms in total. The van der Waals surface area contributed by atoms with Gasteiger partial charge in [-0.05, 0) is 33.4 Å². The van der Waals surface area contributed by atoms with E-state index in [0.29, 0.717) is 12.1 Å². The second-order valence-electron chi connectivity index (χ2n) is 4.38. The van der Waals surface area contributed by atoms with E-state index in [1.165, 1.54) is 0 Å². The summed E-state index contributed by atoms with van der Waals surface area (Å²) in [6, 6.07) is 0.923. The average molecular weight is 215 g/mol. The number of amides is 1. The Kier molecular flexibility index (Phi) is 4.50. The minimum atomic E-state index is -1.07. The lowest BCUT2D eigenvalue weighted by Crippen LogP contribution is -2.48. The number of piperidine rings is 1. The van der Waals surface area contributed by atoms with Crippen molar-refractivity contribution in [3.05, 3.63) is 0 Å². The summed E-state index contributed by atoms with van der Waals surface area (Å²) in [7, 11) is 2.11. The van der Waals surface area contributed by atoms with Crippen molar-refractivity contribution in [3.63, 3.8) is 0 Å². The van der Waals surface area contributed by atoms with Gasteiger partial charge in [0, 0.05) is 18.6 Å². The van der Waals surface area contributed by atoms with Gasteiger partial charge in [0.1, 0.15) is 6.10 Å². The van der Waals surface area contributed by atoms with Gasteiger partial charge in [0.05, 0.1) is 0 Å². The summed E-state index contributed by atoms with van der Waals surface area (Å²) in [5, 5.41) is 12.4. The van der Waals surface area contributed by atoms with Gasteiger partial charge < -0.3 is 21.1 Å². The van der Waals surface area contributed by atoms with Crippen molar-refractivity contribution in [3.8, 4) is 0 Å². The summed E-state index contributed by atoms with van der Waals surface area (Å²) < 4.78 is 0. The molecule has 1 saturated heterocycles. The summed E-state index contributed by atoms with van der Waals surface area (Å²) in [6.07, 6.45) is 1.02. The van der Waals surface area contributed by atoms with E-state index in [9.17, 15) is 9.90 Å². The fraction of sp³-hybridized carbons (Fsp3) is 0.900. The molecular weight excluding hydrogens is 194 g/mol. The molecule has 15 heavy (non-hydrogen) atoms. The van der Waals surface area contributed by atoms with E-state index in [1.807, 2.05) is 0 Å². The van der Waals surface area contributed by atoms with E-state index in [-0.39, 0.29) is 6.54 Å². The zero-order valence-corrected chi connectivity index (χ0v) is 9.44. The highest BCUT2D eigenvalue weighted by atomic mass is 16.3. The Morgan fingerprint density at radius 2 is 2.40 bits per heavy atom. The maximum absolute atomic E-state index is 10.6. The summed E-state index contributed by atoms with van der Waals surface area (Å²) in [6.45, 7) is 3.49. The molecule has 1 fully saturated rings. The lowest BCUT2D eigenvalue weighted by Gasteiger charge is -2.35. The standard InChI is InChI=1S/C10H21N3O2/c1-7-5-8(3-4-13(7)2)12-6-9(14)10(11)15/h7-9,12,14H,3-6H2,1-2H3,(H2,11,15). The number of likely N-dealkylation sites (tertiary alicyclic amines) is 1. The van der Waals surface area contributed by atoms with Crippen LogP contribution in [0, 0.1) is 0 Å². The van der Waals surface area contributed by atoms with Gasteiger partial charge in [-0.15, -0.1) is 0 Å². The van der Waals surface area contributed by atoms with E-state index in [2.05, 4.69) is 24.2 Å². The second-order valence-corrected chi connectivity index (χ2v) is 4.38. The molecule has 3 unspecified atom stereocenters. The molecule has 1 aliphatic rings. The number of rotatable bonds is 4. The number of hydrogen-bond acceptors (Lipinski definition) is 4. The molecule has 0 bridgehead atoms. The third kappa shape index (κ3) is 3.77. The number of primary amides is 1. The van der Waals surface area contributed by atoms with Gasteiger partial charge in [-0.3, -0.25) is 4.79 Å². The summed E-state index contributed by atoms with van der Waals surface area (Å²) >= 11 is 0. The molecule has 1 rings (SSSR count). The van der Waals surface area contributed by atoms with Gasteiger partial charge in [0.15, 0.2) is 0 Å². The molecule has 4 N–H and O–H groups in total. The van der Waals surface area contributed by atoms with Crippen LogP contribution in [0.2, 0.25) is 0 Å². The summed E-state index contributed by atoms with van der Waals surface area (Å²) in [5.41, 5.74) is 4.96.